The third kappa shape index (κ3) is 4.90. The minimum atomic E-state index is -0.612. The highest BCUT2D eigenvalue weighted by molar-refractivity contribution is 7.18. The van der Waals surface area contributed by atoms with Crippen LogP contribution in [0.15, 0.2) is 28.8 Å². The van der Waals surface area contributed by atoms with E-state index in [0.29, 0.717) is 33.3 Å². The second-order valence-corrected chi connectivity index (χ2v) is 7.87. The number of methoxy groups -OCH3 is 2. The summed E-state index contributed by atoms with van der Waals surface area (Å²) < 4.78 is 21.1. The van der Waals surface area contributed by atoms with Crippen molar-refractivity contribution in [1.29, 1.82) is 0 Å². The van der Waals surface area contributed by atoms with Gasteiger partial charge in [0.2, 0.25) is 0 Å². The molecule has 0 radical (unpaired) electrons. The molecule has 2 heterocycles. The number of hydrogen-bond donors (Lipinski definition) is 1. The number of nitrogens with zero attached hydrogens (tertiary/aromatic N) is 1. The van der Waals surface area contributed by atoms with E-state index in [2.05, 4.69) is 10.5 Å². The molecule has 0 fully saturated rings. The highest BCUT2D eigenvalue weighted by Gasteiger charge is 2.27. The number of anilines is 1. The summed E-state index contributed by atoms with van der Waals surface area (Å²) >= 11 is 1.03. The highest BCUT2D eigenvalue weighted by atomic mass is 32.1. The van der Waals surface area contributed by atoms with Crippen molar-refractivity contribution in [2.45, 2.75) is 27.2 Å². The standard InChI is InChI=1S/C23H24N2O7S/c1-6-16(26)20-12(3)19(23(28)31-7-2)22(33-20)24-21(27)15-11-18(32-25-15)14-10-13(29-4)8-9-17(14)30-5/h8-11H,6-7H2,1-5H3,(H,24,27). The van der Waals surface area contributed by atoms with Crippen LogP contribution < -0.4 is 14.8 Å². The quantitative estimate of drug-likeness (QED) is 0.350. The molecular formula is C23H24N2O7S. The predicted octanol–water partition coefficient (Wildman–Crippen LogP) is 4.75. The van der Waals surface area contributed by atoms with Gasteiger partial charge in [0.05, 0.1) is 36.8 Å². The molecule has 0 atom stereocenters. The van der Waals surface area contributed by atoms with E-state index in [1.807, 2.05) is 0 Å². The summed E-state index contributed by atoms with van der Waals surface area (Å²) in [5, 5.41) is 6.74. The van der Waals surface area contributed by atoms with Crippen molar-refractivity contribution in [3.05, 3.63) is 46.0 Å². The largest absolute Gasteiger partial charge is 0.497 e. The van der Waals surface area contributed by atoms with Crippen molar-refractivity contribution in [1.82, 2.24) is 5.16 Å². The number of carbonyl (C=O) groups is 3. The van der Waals surface area contributed by atoms with Gasteiger partial charge in [-0.1, -0.05) is 12.1 Å². The average molecular weight is 473 g/mol. The van der Waals surface area contributed by atoms with Crippen LogP contribution in [0.3, 0.4) is 0 Å². The van der Waals surface area contributed by atoms with Crippen LogP contribution in [0.5, 0.6) is 11.5 Å². The summed E-state index contributed by atoms with van der Waals surface area (Å²) in [5.41, 5.74) is 1.17. The fraction of sp³-hybridized carbons (Fsp3) is 0.304. The minimum Gasteiger partial charge on any atom is -0.497 e. The number of ketones is 1. The molecule has 0 aliphatic carbocycles. The second kappa shape index (κ2) is 10.3. The third-order valence-electron chi connectivity index (χ3n) is 4.84. The molecule has 1 aromatic carbocycles. The topological polar surface area (TPSA) is 117 Å². The summed E-state index contributed by atoms with van der Waals surface area (Å²) in [4.78, 5) is 38.1. The number of esters is 1. The van der Waals surface area contributed by atoms with Crippen molar-refractivity contribution >= 4 is 34.0 Å². The molecule has 3 rings (SSSR count). The maximum atomic E-state index is 12.9. The second-order valence-electron chi connectivity index (χ2n) is 6.85. The van der Waals surface area contributed by atoms with Gasteiger partial charge in [0, 0.05) is 12.5 Å². The Labute approximate surface area is 194 Å². The Morgan fingerprint density at radius 1 is 1.12 bits per heavy atom. The molecule has 174 valence electrons. The average Bonchev–Trinajstić information content (AvgIpc) is 3.43. The van der Waals surface area contributed by atoms with Crippen LogP contribution in [-0.2, 0) is 4.74 Å². The van der Waals surface area contributed by atoms with Crippen LogP contribution in [-0.4, -0.2) is 43.6 Å². The Kier molecular flexibility index (Phi) is 7.49. The lowest BCUT2D eigenvalue weighted by Gasteiger charge is -2.07. The molecule has 0 saturated heterocycles. The van der Waals surface area contributed by atoms with Gasteiger partial charge >= 0.3 is 5.97 Å². The van der Waals surface area contributed by atoms with Crippen LogP contribution >= 0.6 is 11.3 Å². The highest BCUT2D eigenvalue weighted by Crippen LogP contribution is 2.36. The molecule has 3 aromatic rings. The summed E-state index contributed by atoms with van der Waals surface area (Å²) in [5.74, 6) is 0.0468. The number of Topliss-reactive ketones (excluding diaryl/α,β-unsaturated/α-hetero) is 1. The van der Waals surface area contributed by atoms with Crippen LogP contribution in [0.4, 0.5) is 5.00 Å². The summed E-state index contributed by atoms with van der Waals surface area (Å²) in [7, 11) is 3.05. The number of nitrogens with one attached hydrogen (secondary N) is 1. The summed E-state index contributed by atoms with van der Waals surface area (Å²) in [6, 6.07) is 6.60. The lowest BCUT2D eigenvalue weighted by atomic mass is 10.1. The van der Waals surface area contributed by atoms with Crippen molar-refractivity contribution in [2.24, 2.45) is 0 Å². The van der Waals surface area contributed by atoms with E-state index in [1.54, 1.807) is 39.0 Å². The van der Waals surface area contributed by atoms with E-state index in [-0.39, 0.29) is 35.1 Å². The zero-order chi connectivity index (χ0) is 24.1. The van der Waals surface area contributed by atoms with Crippen LogP contribution in [0.2, 0.25) is 0 Å². The van der Waals surface area contributed by atoms with Gasteiger partial charge in [-0.15, -0.1) is 11.3 Å². The Bertz CT molecular complexity index is 1200. The molecule has 0 aliphatic heterocycles. The maximum absolute atomic E-state index is 12.9. The molecule has 10 heteroatoms. The first kappa shape index (κ1) is 24.0. The van der Waals surface area contributed by atoms with E-state index in [1.165, 1.54) is 20.3 Å². The molecule has 0 aliphatic rings. The lowest BCUT2D eigenvalue weighted by molar-refractivity contribution is 0.0527. The molecule has 0 unspecified atom stereocenters. The predicted molar refractivity (Wildman–Crippen MR) is 123 cm³/mol. The fourth-order valence-electron chi connectivity index (χ4n) is 3.16. The van der Waals surface area contributed by atoms with Crippen molar-refractivity contribution in [3.63, 3.8) is 0 Å². The minimum absolute atomic E-state index is 0.0147. The first-order chi connectivity index (χ1) is 15.8. The molecule has 1 N–H and O–H groups in total. The van der Waals surface area contributed by atoms with Crippen LogP contribution in [0.1, 0.15) is 56.3 Å². The Balaban J connectivity index is 1.94. The number of aromatic nitrogens is 1. The maximum Gasteiger partial charge on any atom is 0.341 e. The molecule has 33 heavy (non-hydrogen) atoms. The van der Waals surface area contributed by atoms with Gasteiger partial charge in [-0.3, -0.25) is 9.59 Å². The van der Waals surface area contributed by atoms with Crippen molar-refractivity contribution in [3.8, 4) is 22.8 Å². The van der Waals surface area contributed by atoms with Gasteiger partial charge in [-0.2, -0.15) is 0 Å². The molecule has 2 aromatic heterocycles. The Morgan fingerprint density at radius 3 is 2.52 bits per heavy atom. The van der Waals surface area contributed by atoms with Crippen LogP contribution in [0, 0.1) is 6.92 Å². The first-order valence-electron chi connectivity index (χ1n) is 10.2. The normalized spacial score (nSPS) is 10.6. The van der Waals surface area contributed by atoms with Gasteiger partial charge in [0.1, 0.15) is 16.5 Å². The zero-order valence-corrected chi connectivity index (χ0v) is 19.8. The summed E-state index contributed by atoms with van der Waals surface area (Å²) in [6.07, 6.45) is 0.270. The number of rotatable bonds is 9. The Hall–Kier alpha value is -3.66. The van der Waals surface area contributed by atoms with Gasteiger partial charge in [-0.25, -0.2) is 4.79 Å². The van der Waals surface area contributed by atoms with Crippen molar-refractivity contribution in [2.75, 3.05) is 26.1 Å². The molecule has 0 bridgehead atoms. The molecule has 0 spiro atoms. The van der Waals surface area contributed by atoms with Gasteiger partial charge < -0.3 is 24.1 Å². The van der Waals surface area contributed by atoms with Gasteiger partial charge in [0.25, 0.3) is 5.91 Å². The third-order valence-corrected chi connectivity index (χ3v) is 6.09. The molecular weight excluding hydrogens is 448 g/mol. The number of hydrogen-bond acceptors (Lipinski definition) is 9. The number of benzene rings is 1. The summed E-state index contributed by atoms with van der Waals surface area (Å²) in [6.45, 7) is 5.23. The van der Waals surface area contributed by atoms with Gasteiger partial charge in [0.15, 0.2) is 17.2 Å². The number of ether oxygens (including phenoxy) is 3. The van der Waals surface area contributed by atoms with E-state index >= 15 is 0 Å². The monoisotopic (exact) mass is 472 g/mol. The first-order valence-corrected chi connectivity index (χ1v) is 11.0. The van der Waals surface area contributed by atoms with E-state index in [4.69, 9.17) is 18.7 Å². The fourth-order valence-corrected chi connectivity index (χ4v) is 4.36. The SMILES string of the molecule is CCOC(=O)c1c(NC(=O)c2cc(-c3cc(OC)ccc3OC)on2)sc(C(=O)CC)c1C. The van der Waals surface area contributed by atoms with Gasteiger partial charge in [-0.05, 0) is 37.6 Å². The van der Waals surface area contributed by atoms with Crippen molar-refractivity contribution < 1.29 is 33.1 Å². The van der Waals surface area contributed by atoms with E-state index in [0.717, 1.165) is 11.3 Å². The smallest absolute Gasteiger partial charge is 0.341 e. The molecule has 1 amide bonds. The molecule has 0 saturated carbocycles. The zero-order valence-electron chi connectivity index (χ0n) is 18.9. The molecule has 9 nitrogen and oxygen atoms in total. The number of thiophene rings is 1. The number of amides is 1. The Morgan fingerprint density at radius 2 is 1.88 bits per heavy atom. The van der Waals surface area contributed by atoms with E-state index in [9.17, 15) is 14.4 Å². The lowest BCUT2D eigenvalue weighted by Crippen LogP contribution is -2.15. The van der Waals surface area contributed by atoms with Crippen LogP contribution in [0.25, 0.3) is 11.3 Å². The van der Waals surface area contributed by atoms with E-state index < -0.39 is 11.9 Å². The number of carbonyl (C=O) groups excluding carboxylic acids is 3.